The first-order valence-corrected chi connectivity index (χ1v) is 7.95. The van der Waals surface area contributed by atoms with Gasteiger partial charge in [0.05, 0.1) is 12.6 Å². The quantitative estimate of drug-likeness (QED) is 0.537. The highest BCUT2D eigenvalue weighted by atomic mass is 79.9. The topological polar surface area (TPSA) is 29.5 Å². The third-order valence-corrected chi connectivity index (χ3v) is 4.34. The second-order valence-electron chi connectivity index (χ2n) is 5.55. The zero-order valence-corrected chi connectivity index (χ0v) is 13.7. The van der Waals surface area contributed by atoms with E-state index in [1.807, 2.05) is 38.2 Å². The Hall–Kier alpha value is -0.710. The molecule has 20 heavy (non-hydrogen) atoms. The maximum absolute atomic E-state index is 12.4. The SMILES string of the molecule is CC(C(=O)c1ccc(Br)cc1)N(C)CCOCC1CC1. The Bertz CT molecular complexity index is 442. The van der Waals surface area contributed by atoms with Gasteiger partial charge >= 0.3 is 0 Å². The standard InChI is InChI=1S/C16H22BrNO2/c1-12(16(19)14-5-7-15(17)8-6-14)18(2)9-10-20-11-13-3-4-13/h5-8,12-13H,3-4,9-11H2,1-2H3. The summed E-state index contributed by atoms with van der Waals surface area (Å²) in [5.41, 5.74) is 0.756. The Balaban J connectivity index is 1.77. The highest BCUT2D eigenvalue weighted by Gasteiger charge is 2.22. The molecule has 1 aliphatic carbocycles. The van der Waals surface area contributed by atoms with Crippen molar-refractivity contribution in [3.05, 3.63) is 34.3 Å². The predicted octanol–water partition coefficient (Wildman–Crippen LogP) is 3.38. The molecule has 0 spiro atoms. The minimum absolute atomic E-state index is 0.124. The molecule has 110 valence electrons. The third-order valence-electron chi connectivity index (χ3n) is 3.81. The van der Waals surface area contributed by atoms with Crippen LogP contribution in [0.5, 0.6) is 0 Å². The molecule has 0 bridgehead atoms. The van der Waals surface area contributed by atoms with Gasteiger partial charge in [-0.1, -0.05) is 28.1 Å². The first-order chi connectivity index (χ1) is 9.58. The van der Waals surface area contributed by atoms with Gasteiger partial charge in [0, 0.05) is 23.2 Å². The summed E-state index contributed by atoms with van der Waals surface area (Å²) in [6.45, 7) is 4.31. The van der Waals surface area contributed by atoms with E-state index in [2.05, 4.69) is 20.8 Å². The minimum Gasteiger partial charge on any atom is -0.380 e. The van der Waals surface area contributed by atoms with Crippen LogP contribution in [0, 0.1) is 5.92 Å². The zero-order chi connectivity index (χ0) is 14.5. The molecule has 1 saturated carbocycles. The van der Waals surface area contributed by atoms with Crippen molar-refractivity contribution >= 4 is 21.7 Å². The average Bonchev–Trinajstić information content (AvgIpc) is 3.26. The lowest BCUT2D eigenvalue weighted by Crippen LogP contribution is -2.38. The molecular weight excluding hydrogens is 318 g/mol. The van der Waals surface area contributed by atoms with E-state index in [0.29, 0.717) is 6.61 Å². The minimum atomic E-state index is -0.124. The van der Waals surface area contributed by atoms with E-state index in [1.165, 1.54) is 12.8 Å². The highest BCUT2D eigenvalue weighted by molar-refractivity contribution is 9.10. The van der Waals surface area contributed by atoms with Gasteiger partial charge in [-0.3, -0.25) is 9.69 Å². The van der Waals surface area contributed by atoms with Gasteiger partial charge in [0.15, 0.2) is 5.78 Å². The number of halogens is 1. The molecule has 1 aromatic carbocycles. The number of rotatable bonds is 8. The monoisotopic (exact) mass is 339 g/mol. The molecule has 0 amide bonds. The number of hydrogen-bond donors (Lipinski definition) is 0. The van der Waals surface area contributed by atoms with Crippen molar-refractivity contribution in [3.63, 3.8) is 0 Å². The fourth-order valence-corrected chi connectivity index (χ4v) is 2.26. The first kappa shape index (κ1) is 15.7. The van der Waals surface area contributed by atoms with Crippen LogP contribution in [0.2, 0.25) is 0 Å². The normalized spacial score (nSPS) is 16.4. The van der Waals surface area contributed by atoms with E-state index in [9.17, 15) is 4.79 Å². The van der Waals surface area contributed by atoms with E-state index in [1.54, 1.807) is 0 Å². The lowest BCUT2D eigenvalue weighted by atomic mass is 10.0. The van der Waals surface area contributed by atoms with Crippen LogP contribution in [-0.4, -0.2) is 43.5 Å². The number of carbonyl (C=O) groups excluding carboxylic acids is 1. The van der Waals surface area contributed by atoms with Crippen molar-refractivity contribution in [2.24, 2.45) is 5.92 Å². The predicted molar refractivity (Wildman–Crippen MR) is 84.1 cm³/mol. The first-order valence-electron chi connectivity index (χ1n) is 7.15. The van der Waals surface area contributed by atoms with Crippen LogP contribution in [0.25, 0.3) is 0 Å². The van der Waals surface area contributed by atoms with E-state index >= 15 is 0 Å². The van der Waals surface area contributed by atoms with Gasteiger partial charge in [-0.2, -0.15) is 0 Å². The van der Waals surface area contributed by atoms with Crippen molar-refractivity contribution in [2.75, 3.05) is 26.8 Å². The van der Waals surface area contributed by atoms with E-state index in [0.717, 1.165) is 29.1 Å². The van der Waals surface area contributed by atoms with Crippen molar-refractivity contribution in [1.82, 2.24) is 4.90 Å². The van der Waals surface area contributed by atoms with Crippen molar-refractivity contribution in [3.8, 4) is 0 Å². The summed E-state index contributed by atoms with van der Waals surface area (Å²) in [5.74, 6) is 0.948. The van der Waals surface area contributed by atoms with Crippen LogP contribution in [-0.2, 0) is 4.74 Å². The molecule has 1 atom stereocenters. The summed E-state index contributed by atoms with van der Waals surface area (Å²) in [6.07, 6.45) is 2.63. The molecular formula is C16H22BrNO2. The Morgan fingerprint density at radius 3 is 2.65 bits per heavy atom. The Morgan fingerprint density at radius 1 is 1.40 bits per heavy atom. The Labute approximate surface area is 129 Å². The summed E-state index contributed by atoms with van der Waals surface area (Å²) >= 11 is 3.38. The molecule has 0 heterocycles. The van der Waals surface area contributed by atoms with Crippen molar-refractivity contribution < 1.29 is 9.53 Å². The van der Waals surface area contributed by atoms with Gasteiger partial charge < -0.3 is 4.74 Å². The summed E-state index contributed by atoms with van der Waals surface area (Å²) in [4.78, 5) is 14.4. The molecule has 1 aliphatic rings. The second-order valence-corrected chi connectivity index (χ2v) is 6.46. The summed E-state index contributed by atoms with van der Waals surface area (Å²) in [7, 11) is 1.97. The maximum atomic E-state index is 12.4. The van der Waals surface area contributed by atoms with Gasteiger partial charge in [-0.05, 0) is 44.9 Å². The summed E-state index contributed by atoms with van der Waals surface area (Å²) in [5, 5.41) is 0. The molecule has 0 saturated heterocycles. The van der Waals surface area contributed by atoms with Crippen LogP contribution in [0.3, 0.4) is 0 Å². The van der Waals surface area contributed by atoms with Gasteiger partial charge in [-0.15, -0.1) is 0 Å². The lowest BCUT2D eigenvalue weighted by molar-refractivity contribution is 0.0749. The zero-order valence-electron chi connectivity index (χ0n) is 12.1. The number of benzene rings is 1. The molecule has 3 nitrogen and oxygen atoms in total. The lowest BCUT2D eigenvalue weighted by Gasteiger charge is -2.23. The van der Waals surface area contributed by atoms with Crippen LogP contribution in [0.1, 0.15) is 30.1 Å². The van der Waals surface area contributed by atoms with Crippen LogP contribution in [0.4, 0.5) is 0 Å². The summed E-state index contributed by atoms with van der Waals surface area (Å²) in [6, 6.07) is 7.40. The molecule has 0 aromatic heterocycles. The molecule has 1 fully saturated rings. The van der Waals surface area contributed by atoms with Crippen LogP contribution >= 0.6 is 15.9 Å². The van der Waals surface area contributed by atoms with Gasteiger partial charge in [0.1, 0.15) is 0 Å². The van der Waals surface area contributed by atoms with Gasteiger partial charge in [0.25, 0.3) is 0 Å². The Morgan fingerprint density at radius 2 is 2.05 bits per heavy atom. The number of carbonyl (C=O) groups is 1. The third kappa shape index (κ3) is 4.69. The molecule has 1 unspecified atom stereocenters. The van der Waals surface area contributed by atoms with E-state index < -0.39 is 0 Å². The molecule has 4 heteroatoms. The smallest absolute Gasteiger partial charge is 0.179 e. The van der Waals surface area contributed by atoms with E-state index in [-0.39, 0.29) is 11.8 Å². The largest absolute Gasteiger partial charge is 0.380 e. The van der Waals surface area contributed by atoms with Gasteiger partial charge in [0.2, 0.25) is 0 Å². The number of ketones is 1. The summed E-state index contributed by atoms with van der Waals surface area (Å²) < 4.78 is 6.61. The Kier molecular flexibility index (Phi) is 5.75. The molecule has 1 aromatic rings. The number of ether oxygens (including phenoxy) is 1. The molecule has 0 aliphatic heterocycles. The second kappa shape index (κ2) is 7.34. The number of Topliss-reactive ketones (excluding diaryl/α,β-unsaturated/α-hetero) is 1. The average molecular weight is 340 g/mol. The number of hydrogen-bond acceptors (Lipinski definition) is 3. The van der Waals surface area contributed by atoms with Crippen LogP contribution < -0.4 is 0 Å². The van der Waals surface area contributed by atoms with Crippen molar-refractivity contribution in [2.45, 2.75) is 25.8 Å². The number of nitrogens with zero attached hydrogens (tertiary/aromatic N) is 1. The molecule has 2 rings (SSSR count). The van der Waals surface area contributed by atoms with Crippen LogP contribution in [0.15, 0.2) is 28.7 Å². The highest BCUT2D eigenvalue weighted by Crippen LogP contribution is 2.28. The molecule has 0 N–H and O–H groups in total. The molecule has 0 radical (unpaired) electrons. The van der Waals surface area contributed by atoms with Gasteiger partial charge in [-0.25, -0.2) is 0 Å². The van der Waals surface area contributed by atoms with Crippen molar-refractivity contribution in [1.29, 1.82) is 0 Å². The maximum Gasteiger partial charge on any atom is 0.179 e. The fraction of sp³-hybridized carbons (Fsp3) is 0.562. The number of likely N-dealkylation sites (N-methyl/N-ethyl adjacent to an activating group) is 1. The fourth-order valence-electron chi connectivity index (χ4n) is 1.99. The van der Waals surface area contributed by atoms with E-state index in [4.69, 9.17) is 4.74 Å².